The Kier molecular flexibility index (Phi) is 3.15. The third-order valence-corrected chi connectivity index (χ3v) is 3.35. The van der Waals surface area contributed by atoms with Crippen molar-refractivity contribution >= 4 is 11.6 Å². The van der Waals surface area contributed by atoms with Gasteiger partial charge in [0.2, 0.25) is 5.91 Å². The number of halogens is 1. The molecule has 1 aromatic carbocycles. The van der Waals surface area contributed by atoms with E-state index in [1.54, 1.807) is 17.0 Å². The molecule has 92 valence electrons. The normalized spacial score (nSPS) is 17.4. The van der Waals surface area contributed by atoms with Crippen molar-refractivity contribution in [3.63, 3.8) is 0 Å². The SMILES string of the molecule is CCN(C(=O)C1(N)CCC1)c1cccc(F)c1. The van der Waals surface area contributed by atoms with Crippen LogP contribution in [0.25, 0.3) is 0 Å². The molecule has 0 bridgehead atoms. The van der Waals surface area contributed by atoms with E-state index < -0.39 is 5.54 Å². The Balaban J connectivity index is 2.24. The van der Waals surface area contributed by atoms with Crippen LogP contribution in [-0.4, -0.2) is 18.0 Å². The molecule has 3 nitrogen and oxygen atoms in total. The quantitative estimate of drug-likeness (QED) is 0.873. The number of benzene rings is 1. The Hall–Kier alpha value is -1.42. The van der Waals surface area contributed by atoms with Crippen LogP contribution in [0.4, 0.5) is 10.1 Å². The van der Waals surface area contributed by atoms with Crippen LogP contribution in [-0.2, 0) is 4.79 Å². The maximum absolute atomic E-state index is 13.2. The first-order valence-electron chi connectivity index (χ1n) is 5.93. The molecule has 1 aromatic rings. The maximum atomic E-state index is 13.2. The van der Waals surface area contributed by atoms with E-state index >= 15 is 0 Å². The van der Waals surface area contributed by atoms with E-state index in [4.69, 9.17) is 5.73 Å². The second-order valence-electron chi connectivity index (χ2n) is 4.54. The minimum absolute atomic E-state index is 0.100. The van der Waals surface area contributed by atoms with Gasteiger partial charge in [0.1, 0.15) is 5.82 Å². The van der Waals surface area contributed by atoms with E-state index in [2.05, 4.69) is 0 Å². The predicted octanol–water partition coefficient (Wildman–Crippen LogP) is 2.06. The Morgan fingerprint density at radius 3 is 2.71 bits per heavy atom. The lowest BCUT2D eigenvalue weighted by Crippen LogP contribution is -2.59. The summed E-state index contributed by atoms with van der Waals surface area (Å²) < 4.78 is 13.2. The predicted molar refractivity (Wildman–Crippen MR) is 65.2 cm³/mol. The van der Waals surface area contributed by atoms with Crippen molar-refractivity contribution in [1.82, 2.24) is 0 Å². The first-order chi connectivity index (χ1) is 8.07. The molecule has 0 saturated heterocycles. The minimum atomic E-state index is -0.734. The van der Waals surface area contributed by atoms with E-state index in [9.17, 15) is 9.18 Å². The molecule has 0 aromatic heterocycles. The monoisotopic (exact) mass is 236 g/mol. The summed E-state index contributed by atoms with van der Waals surface area (Å²) in [5.74, 6) is -0.440. The van der Waals surface area contributed by atoms with E-state index in [0.29, 0.717) is 12.2 Å². The summed E-state index contributed by atoms with van der Waals surface area (Å²) in [7, 11) is 0. The molecule has 0 atom stereocenters. The zero-order valence-electron chi connectivity index (χ0n) is 9.95. The summed E-state index contributed by atoms with van der Waals surface area (Å²) in [5, 5.41) is 0. The van der Waals surface area contributed by atoms with Gasteiger partial charge in [-0.3, -0.25) is 4.79 Å². The van der Waals surface area contributed by atoms with Crippen molar-refractivity contribution in [2.45, 2.75) is 31.7 Å². The lowest BCUT2D eigenvalue weighted by molar-refractivity contribution is -0.126. The summed E-state index contributed by atoms with van der Waals surface area (Å²) in [4.78, 5) is 13.8. The number of hydrogen-bond donors (Lipinski definition) is 1. The maximum Gasteiger partial charge on any atom is 0.247 e. The lowest BCUT2D eigenvalue weighted by Gasteiger charge is -2.40. The molecule has 1 aliphatic carbocycles. The molecule has 2 rings (SSSR count). The zero-order chi connectivity index (χ0) is 12.5. The zero-order valence-corrected chi connectivity index (χ0v) is 9.95. The van der Waals surface area contributed by atoms with Gasteiger partial charge in [-0.25, -0.2) is 4.39 Å². The molecule has 1 amide bonds. The Morgan fingerprint density at radius 2 is 2.24 bits per heavy atom. The average molecular weight is 236 g/mol. The summed E-state index contributed by atoms with van der Waals surface area (Å²) >= 11 is 0. The molecule has 2 N–H and O–H groups in total. The summed E-state index contributed by atoms with van der Waals surface area (Å²) in [6, 6.07) is 6.06. The number of amides is 1. The van der Waals surface area contributed by atoms with Crippen molar-refractivity contribution in [2.75, 3.05) is 11.4 Å². The van der Waals surface area contributed by atoms with Gasteiger partial charge in [-0.1, -0.05) is 6.07 Å². The van der Waals surface area contributed by atoms with E-state index in [0.717, 1.165) is 19.3 Å². The molecule has 0 heterocycles. The van der Waals surface area contributed by atoms with Crippen LogP contribution in [0.1, 0.15) is 26.2 Å². The van der Waals surface area contributed by atoms with Gasteiger partial charge in [0.05, 0.1) is 5.54 Å². The average Bonchev–Trinajstić information content (AvgIpc) is 2.27. The van der Waals surface area contributed by atoms with Crippen LogP contribution in [0.2, 0.25) is 0 Å². The van der Waals surface area contributed by atoms with Crippen molar-refractivity contribution in [3.8, 4) is 0 Å². The number of likely N-dealkylation sites (N-methyl/N-ethyl adjacent to an activating group) is 1. The van der Waals surface area contributed by atoms with Crippen LogP contribution >= 0.6 is 0 Å². The van der Waals surface area contributed by atoms with Gasteiger partial charge in [-0.05, 0) is 44.4 Å². The van der Waals surface area contributed by atoms with Crippen molar-refractivity contribution in [1.29, 1.82) is 0 Å². The second-order valence-corrected chi connectivity index (χ2v) is 4.54. The van der Waals surface area contributed by atoms with Crippen LogP contribution in [0.3, 0.4) is 0 Å². The minimum Gasteiger partial charge on any atom is -0.317 e. The molecule has 0 aliphatic heterocycles. The lowest BCUT2D eigenvalue weighted by atomic mass is 9.76. The smallest absolute Gasteiger partial charge is 0.247 e. The molecular weight excluding hydrogens is 219 g/mol. The number of carbonyl (C=O) groups is 1. The molecule has 0 radical (unpaired) electrons. The molecule has 0 spiro atoms. The number of rotatable bonds is 3. The molecule has 1 fully saturated rings. The summed E-state index contributed by atoms with van der Waals surface area (Å²) in [5.41, 5.74) is 5.86. The van der Waals surface area contributed by atoms with Crippen LogP contribution in [0.15, 0.2) is 24.3 Å². The molecule has 1 saturated carbocycles. The molecule has 0 unspecified atom stereocenters. The van der Waals surface area contributed by atoms with Gasteiger partial charge in [0.15, 0.2) is 0 Å². The van der Waals surface area contributed by atoms with Crippen molar-refractivity contribution < 1.29 is 9.18 Å². The van der Waals surface area contributed by atoms with E-state index in [1.807, 2.05) is 6.92 Å². The van der Waals surface area contributed by atoms with Gasteiger partial charge in [0, 0.05) is 12.2 Å². The largest absolute Gasteiger partial charge is 0.317 e. The number of anilines is 1. The fourth-order valence-electron chi connectivity index (χ4n) is 2.13. The van der Waals surface area contributed by atoms with Crippen LogP contribution in [0.5, 0.6) is 0 Å². The standard InChI is InChI=1S/C13H17FN2O/c1-2-16(11-6-3-5-10(14)9-11)12(17)13(15)7-4-8-13/h3,5-6,9H,2,4,7-8,15H2,1H3. The van der Waals surface area contributed by atoms with Gasteiger partial charge < -0.3 is 10.6 Å². The highest BCUT2D eigenvalue weighted by atomic mass is 19.1. The van der Waals surface area contributed by atoms with Crippen molar-refractivity contribution in [3.05, 3.63) is 30.1 Å². The van der Waals surface area contributed by atoms with E-state index in [-0.39, 0.29) is 11.7 Å². The number of nitrogens with two attached hydrogens (primary N) is 1. The fraction of sp³-hybridized carbons (Fsp3) is 0.462. The van der Waals surface area contributed by atoms with E-state index in [1.165, 1.54) is 12.1 Å². The Morgan fingerprint density at radius 1 is 1.53 bits per heavy atom. The molecular formula is C13H17FN2O. The van der Waals surface area contributed by atoms with Crippen molar-refractivity contribution in [2.24, 2.45) is 5.73 Å². The summed E-state index contributed by atoms with van der Waals surface area (Å²) in [6.07, 6.45) is 2.43. The highest BCUT2D eigenvalue weighted by Gasteiger charge is 2.42. The Labute approximate surface area is 100 Å². The highest BCUT2D eigenvalue weighted by molar-refractivity contribution is 6.00. The Bertz CT molecular complexity index is 429. The third-order valence-electron chi connectivity index (χ3n) is 3.35. The molecule has 1 aliphatic rings. The van der Waals surface area contributed by atoms with Crippen LogP contribution < -0.4 is 10.6 Å². The van der Waals surface area contributed by atoms with Gasteiger partial charge >= 0.3 is 0 Å². The number of carbonyl (C=O) groups excluding carboxylic acids is 1. The van der Waals surface area contributed by atoms with Gasteiger partial charge in [-0.2, -0.15) is 0 Å². The first-order valence-corrected chi connectivity index (χ1v) is 5.93. The topological polar surface area (TPSA) is 46.3 Å². The van der Waals surface area contributed by atoms with Crippen LogP contribution in [0, 0.1) is 5.82 Å². The fourth-order valence-corrected chi connectivity index (χ4v) is 2.13. The highest BCUT2D eigenvalue weighted by Crippen LogP contribution is 2.32. The first kappa shape index (κ1) is 12.0. The molecule has 17 heavy (non-hydrogen) atoms. The third kappa shape index (κ3) is 2.17. The number of nitrogens with zero attached hydrogens (tertiary/aromatic N) is 1. The van der Waals surface area contributed by atoms with Gasteiger partial charge in [0.25, 0.3) is 0 Å². The number of hydrogen-bond acceptors (Lipinski definition) is 2. The second kappa shape index (κ2) is 4.45. The summed E-state index contributed by atoms with van der Waals surface area (Å²) in [6.45, 7) is 2.37. The van der Waals surface area contributed by atoms with Gasteiger partial charge in [-0.15, -0.1) is 0 Å². The molecule has 4 heteroatoms.